The van der Waals surface area contributed by atoms with Crippen LogP contribution in [-0.2, 0) is 4.79 Å². The molecule has 9 nitrogen and oxygen atoms in total. The number of tetrazole rings is 1. The molecular weight excluding hydrogens is 459 g/mol. The first-order valence-corrected chi connectivity index (χ1v) is 10.8. The number of para-hydroxylation sites is 2. The summed E-state index contributed by atoms with van der Waals surface area (Å²) in [7, 11) is 0. The van der Waals surface area contributed by atoms with Crippen molar-refractivity contribution in [1.29, 1.82) is 0 Å². The zero-order valence-corrected chi connectivity index (χ0v) is 17.9. The molecule has 0 amide bonds. The molecule has 0 saturated carbocycles. The first-order chi connectivity index (χ1) is 15.8. The topological polar surface area (TPSA) is 123 Å². The van der Waals surface area contributed by atoms with Crippen molar-refractivity contribution in [1.82, 2.24) is 35.5 Å². The maximum atomic E-state index is 10.5. The maximum absolute atomic E-state index is 10.5. The Kier molecular flexibility index (Phi) is 6.60. The zero-order chi connectivity index (χ0) is 23.4. The number of hydrogen-bond acceptors (Lipinski definition) is 8. The average Bonchev–Trinajstić information content (AvgIpc) is 3.19. The largest absolute Gasteiger partial charge is 0.542 e. The van der Waals surface area contributed by atoms with Gasteiger partial charge in [0.05, 0.1) is 27.2 Å². The highest BCUT2D eigenvalue weighted by Crippen LogP contribution is 2.32. The molecule has 2 aliphatic heterocycles. The minimum atomic E-state index is -5.19. The molecule has 1 saturated heterocycles. The average molecular weight is 477 g/mol. The number of carboxylic acid groups (broad SMARTS) is 1. The number of H-pyrrole nitrogens is 1. The van der Waals surface area contributed by atoms with Crippen LogP contribution >= 0.6 is 11.3 Å². The highest BCUT2D eigenvalue weighted by molar-refractivity contribution is 7.21. The Morgan fingerprint density at radius 1 is 1.12 bits per heavy atom. The molecule has 13 heteroatoms. The first kappa shape index (κ1) is 22.7. The number of aromatic amines is 1. The van der Waals surface area contributed by atoms with Crippen LogP contribution in [0.2, 0.25) is 0 Å². The number of carbonyl (C=O) groups excluding carboxylic acids is 1. The molecule has 0 bridgehead atoms. The highest BCUT2D eigenvalue weighted by Gasteiger charge is 2.28. The second-order valence-electron chi connectivity index (χ2n) is 7.10. The van der Waals surface area contributed by atoms with Gasteiger partial charge in [-0.1, -0.05) is 12.1 Å². The maximum Gasteiger partial charge on any atom is 0.430 e. The number of alkyl halides is 3. The number of halogens is 3. The third kappa shape index (κ3) is 5.14. The van der Waals surface area contributed by atoms with E-state index in [1.54, 1.807) is 11.3 Å². The van der Waals surface area contributed by atoms with E-state index < -0.39 is 12.1 Å². The smallest absolute Gasteiger partial charge is 0.430 e. The number of nitrogens with one attached hydrogen (secondary N) is 2. The van der Waals surface area contributed by atoms with Crippen molar-refractivity contribution in [3.63, 3.8) is 0 Å². The second kappa shape index (κ2) is 9.58. The number of nitrogens with zero attached hydrogens (tertiary/aromatic N) is 5. The van der Waals surface area contributed by atoms with Gasteiger partial charge in [-0.05, 0) is 23.4 Å². The number of carbonyl (C=O) groups is 1. The van der Waals surface area contributed by atoms with Gasteiger partial charge < -0.3 is 15.2 Å². The van der Waals surface area contributed by atoms with Crippen molar-refractivity contribution in [2.45, 2.75) is 12.6 Å². The number of aliphatic carboxylic acids is 1. The molecule has 1 aliphatic carbocycles. The molecule has 0 spiro atoms. The van der Waals surface area contributed by atoms with Crippen molar-refractivity contribution < 1.29 is 23.1 Å². The molecule has 0 radical (unpaired) electrons. The van der Waals surface area contributed by atoms with E-state index in [-0.39, 0.29) is 0 Å². The summed E-state index contributed by atoms with van der Waals surface area (Å²) in [5, 5.41) is 28.0. The summed E-state index contributed by atoms with van der Waals surface area (Å²) in [6.07, 6.45) is -4.05. The van der Waals surface area contributed by atoms with Gasteiger partial charge in [-0.2, -0.15) is 18.4 Å². The van der Waals surface area contributed by atoms with Crippen LogP contribution in [0.3, 0.4) is 0 Å². The van der Waals surface area contributed by atoms with E-state index in [1.165, 1.54) is 10.2 Å². The van der Waals surface area contributed by atoms with E-state index in [0.717, 1.165) is 54.1 Å². The fraction of sp³-hybridized carbons (Fsp3) is 0.300. The van der Waals surface area contributed by atoms with Gasteiger partial charge in [-0.25, -0.2) is 9.56 Å². The van der Waals surface area contributed by atoms with E-state index in [2.05, 4.69) is 54.8 Å². The summed E-state index contributed by atoms with van der Waals surface area (Å²) in [4.78, 5) is 15.0. The summed E-state index contributed by atoms with van der Waals surface area (Å²) in [6.45, 7) is 4.11. The lowest BCUT2D eigenvalue weighted by Crippen LogP contribution is -2.37. The monoisotopic (exact) mass is 477 g/mol. The van der Waals surface area contributed by atoms with Gasteiger partial charge in [-0.15, -0.1) is 21.5 Å². The summed E-state index contributed by atoms with van der Waals surface area (Å²) < 4.78 is 35.1. The normalized spacial score (nSPS) is 16.2. The summed E-state index contributed by atoms with van der Waals surface area (Å²) in [5.74, 6) is -2.43. The number of fused-ring (bicyclic) bond motifs is 2. The molecule has 2 aromatic rings. The quantitative estimate of drug-likeness (QED) is 0.305. The summed E-state index contributed by atoms with van der Waals surface area (Å²) in [5.41, 5.74) is 2.87. The standard InChI is InChI=1S/C18H17N7S.C2HF3O2/c1-4-12(18-21-23-24-22-18)16-14(6-1)26-15-7-2-5-13(17(15)20-16)25-10-3-8-19-9-11-25;3-2(4,5)1(6)7/h1-2,4-7,19H,3,8-11H2;(H,6,7). The fourth-order valence-corrected chi connectivity index (χ4v) is 4.48. The van der Waals surface area contributed by atoms with Gasteiger partial charge >= 0.3 is 6.18 Å². The summed E-state index contributed by atoms with van der Waals surface area (Å²) in [6, 6.07) is 12.6. The van der Waals surface area contributed by atoms with E-state index in [9.17, 15) is 13.2 Å². The Balaban J connectivity index is 0.000000325. The number of hydrogen-bond donors (Lipinski definition) is 2. The van der Waals surface area contributed by atoms with Crippen LogP contribution in [-0.4, -0.2) is 63.9 Å². The second-order valence-corrected chi connectivity index (χ2v) is 8.19. The molecule has 2 N–H and O–H groups in total. The Morgan fingerprint density at radius 3 is 2.64 bits per heavy atom. The minimum absolute atomic E-state index is 0.575. The van der Waals surface area contributed by atoms with Gasteiger partial charge in [0.25, 0.3) is 0 Å². The van der Waals surface area contributed by atoms with Crippen molar-refractivity contribution >= 4 is 27.5 Å². The zero-order valence-electron chi connectivity index (χ0n) is 17.1. The molecule has 1 aromatic carbocycles. The van der Waals surface area contributed by atoms with Crippen molar-refractivity contribution in [2.24, 2.45) is 0 Å². The van der Waals surface area contributed by atoms with Crippen molar-refractivity contribution in [3.05, 3.63) is 41.8 Å². The molecule has 3 aliphatic rings. The van der Waals surface area contributed by atoms with Crippen LogP contribution in [0, 0.1) is 0 Å². The number of benzene rings is 2. The minimum Gasteiger partial charge on any atom is -0.542 e. The molecule has 172 valence electrons. The Bertz CT molecular complexity index is 1300. The van der Waals surface area contributed by atoms with E-state index in [4.69, 9.17) is 14.9 Å². The molecule has 5 rings (SSSR count). The van der Waals surface area contributed by atoms with Crippen LogP contribution in [0.25, 0.3) is 32.2 Å². The molecule has 0 atom stereocenters. The number of aromatic nitrogens is 5. The third-order valence-corrected chi connectivity index (χ3v) is 6.02. The van der Waals surface area contributed by atoms with Crippen molar-refractivity contribution in [3.8, 4) is 22.0 Å². The van der Waals surface area contributed by atoms with E-state index in [0.29, 0.717) is 5.82 Å². The van der Waals surface area contributed by atoms with Gasteiger partial charge in [0.15, 0.2) is 12.2 Å². The number of carboxylic acids is 1. The predicted octanol–water partition coefficient (Wildman–Crippen LogP) is 0.645. The van der Waals surface area contributed by atoms with Gasteiger partial charge in [0.2, 0.25) is 11.2 Å². The lowest BCUT2D eigenvalue weighted by molar-refractivity contribution is -0.344. The fourth-order valence-electron chi connectivity index (χ4n) is 3.45. The molecule has 33 heavy (non-hydrogen) atoms. The molecule has 0 unspecified atom stereocenters. The van der Waals surface area contributed by atoms with E-state index in [1.807, 2.05) is 12.1 Å². The van der Waals surface area contributed by atoms with Crippen LogP contribution in [0.5, 0.6) is 0 Å². The predicted molar refractivity (Wildman–Crippen MR) is 113 cm³/mol. The lowest BCUT2D eigenvalue weighted by Gasteiger charge is -2.08. The van der Waals surface area contributed by atoms with E-state index >= 15 is 0 Å². The Hall–Kier alpha value is -3.45. The van der Waals surface area contributed by atoms with Gasteiger partial charge in [0, 0.05) is 19.0 Å². The third-order valence-electron chi connectivity index (χ3n) is 4.92. The van der Waals surface area contributed by atoms with Crippen LogP contribution in [0.4, 0.5) is 13.2 Å². The number of rotatable bonds is 1. The first-order valence-electron chi connectivity index (χ1n) is 9.98. The molecule has 1 aromatic heterocycles. The van der Waals surface area contributed by atoms with Crippen LogP contribution in [0.1, 0.15) is 6.42 Å². The Labute approximate surface area is 189 Å². The van der Waals surface area contributed by atoms with Crippen LogP contribution in [0.15, 0.2) is 36.4 Å². The van der Waals surface area contributed by atoms with Crippen LogP contribution < -0.4 is 20.4 Å². The molecule has 3 heterocycles. The highest BCUT2D eigenvalue weighted by atomic mass is 32.1. The SMILES string of the molecule is O=C([O-])C(F)(F)F.c1cc2sc3cccc(-c4nn[nH]n4)c3nc-2c(=[N+]2CCCNCC2)c1. The summed E-state index contributed by atoms with van der Waals surface area (Å²) >= 11 is 1.76. The van der Waals surface area contributed by atoms with Crippen molar-refractivity contribution in [2.75, 3.05) is 26.2 Å². The van der Waals surface area contributed by atoms with Gasteiger partial charge in [0.1, 0.15) is 12.5 Å². The molecule has 1 fully saturated rings. The Morgan fingerprint density at radius 2 is 1.91 bits per heavy atom. The lowest BCUT2D eigenvalue weighted by atomic mass is 10.1. The van der Waals surface area contributed by atoms with Gasteiger partial charge in [-0.3, -0.25) is 0 Å². The molecular formula is C20H18F3N7O2S.